The van der Waals surface area contributed by atoms with E-state index in [2.05, 4.69) is 6.58 Å². The molecule has 0 aromatic heterocycles. The van der Waals surface area contributed by atoms with Crippen molar-refractivity contribution in [3.05, 3.63) is 66.7 Å². The zero-order chi connectivity index (χ0) is 17.6. The molecule has 1 atom stereocenters. The molecule has 3 rings (SSSR count). The van der Waals surface area contributed by atoms with E-state index in [1.807, 2.05) is 42.5 Å². The molecule has 1 aliphatic heterocycles. The van der Waals surface area contributed by atoms with Gasteiger partial charge >= 0.3 is 0 Å². The third-order valence-corrected chi connectivity index (χ3v) is 3.87. The minimum absolute atomic E-state index is 0.110. The van der Waals surface area contributed by atoms with Crippen LogP contribution in [0.5, 0.6) is 17.2 Å². The summed E-state index contributed by atoms with van der Waals surface area (Å²) in [5.74, 6) is 1.94. The molecular formula is C20H21NO4. The highest BCUT2D eigenvalue weighted by Crippen LogP contribution is 2.31. The summed E-state index contributed by atoms with van der Waals surface area (Å²) in [6, 6.07) is 15.0. The molecule has 5 nitrogen and oxygen atoms in total. The van der Waals surface area contributed by atoms with Crippen LogP contribution in [0.3, 0.4) is 0 Å². The number of likely N-dealkylation sites (N-methyl/N-ethyl adjacent to an activating group) is 1. The van der Waals surface area contributed by atoms with Crippen molar-refractivity contribution in [3.8, 4) is 17.2 Å². The number of hydrogen-bond donors (Lipinski definition) is 0. The summed E-state index contributed by atoms with van der Waals surface area (Å²) < 4.78 is 16.8. The normalized spacial score (nSPS) is 15.3. The number of benzene rings is 2. The van der Waals surface area contributed by atoms with Crippen molar-refractivity contribution in [2.24, 2.45) is 0 Å². The van der Waals surface area contributed by atoms with Gasteiger partial charge in [0.2, 0.25) is 6.10 Å². The standard InChI is InChI=1S/C20H21NO4/c1-3-12-23-16-10-8-15(9-11-16)13-21(2)20(22)19-14-24-17-6-4-5-7-18(17)25-19/h3-11,19H,1,12-14H2,2H3/t19-/m1/s1. The van der Waals surface area contributed by atoms with Gasteiger partial charge in [-0.05, 0) is 29.8 Å². The van der Waals surface area contributed by atoms with Crippen molar-refractivity contribution in [1.29, 1.82) is 0 Å². The molecule has 1 aliphatic rings. The van der Waals surface area contributed by atoms with Crippen LogP contribution >= 0.6 is 0 Å². The molecule has 0 bridgehead atoms. The van der Waals surface area contributed by atoms with Crippen molar-refractivity contribution in [2.75, 3.05) is 20.3 Å². The van der Waals surface area contributed by atoms with E-state index in [0.717, 1.165) is 11.3 Å². The van der Waals surface area contributed by atoms with Crippen molar-refractivity contribution in [3.63, 3.8) is 0 Å². The summed E-state index contributed by atoms with van der Waals surface area (Å²) in [5, 5.41) is 0. The van der Waals surface area contributed by atoms with Crippen LogP contribution in [0, 0.1) is 0 Å². The average Bonchev–Trinajstić information content (AvgIpc) is 2.66. The van der Waals surface area contributed by atoms with Crippen LogP contribution < -0.4 is 14.2 Å². The van der Waals surface area contributed by atoms with Gasteiger partial charge in [0.15, 0.2) is 11.5 Å². The molecule has 25 heavy (non-hydrogen) atoms. The summed E-state index contributed by atoms with van der Waals surface area (Å²) in [6.07, 6.45) is 1.07. The average molecular weight is 339 g/mol. The topological polar surface area (TPSA) is 48.0 Å². The number of carbonyl (C=O) groups excluding carboxylic acids is 1. The first kappa shape index (κ1) is 16.9. The Hall–Kier alpha value is -2.95. The molecule has 5 heteroatoms. The first-order valence-electron chi connectivity index (χ1n) is 8.13. The van der Waals surface area contributed by atoms with Crippen molar-refractivity contribution < 1.29 is 19.0 Å². The van der Waals surface area contributed by atoms with Gasteiger partial charge in [0.1, 0.15) is 19.0 Å². The van der Waals surface area contributed by atoms with Gasteiger partial charge in [-0.15, -0.1) is 0 Å². The highest BCUT2D eigenvalue weighted by Gasteiger charge is 2.29. The molecule has 2 aromatic carbocycles. The fraction of sp³-hybridized carbons (Fsp3) is 0.250. The maximum atomic E-state index is 12.6. The van der Waals surface area contributed by atoms with Crippen LogP contribution in [0.1, 0.15) is 5.56 Å². The predicted octanol–water partition coefficient (Wildman–Crippen LogP) is 3.05. The Morgan fingerprint density at radius 1 is 1.24 bits per heavy atom. The number of ether oxygens (including phenoxy) is 3. The third-order valence-electron chi connectivity index (χ3n) is 3.87. The Labute approximate surface area is 147 Å². The van der Waals surface area contributed by atoms with Crippen LogP contribution in [0.25, 0.3) is 0 Å². The first-order valence-corrected chi connectivity index (χ1v) is 8.13. The molecule has 0 N–H and O–H groups in total. The molecule has 1 heterocycles. The zero-order valence-corrected chi connectivity index (χ0v) is 14.2. The Morgan fingerprint density at radius 3 is 2.68 bits per heavy atom. The summed E-state index contributed by atoms with van der Waals surface area (Å²) in [5.41, 5.74) is 1.01. The molecule has 1 amide bonds. The molecule has 0 unspecified atom stereocenters. The minimum Gasteiger partial charge on any atom is -0.490 e. The lowest BCUT2D eigenvalue weighted by molar-refractivity contribution is -0.140. The summed E-state index contributed by atoms with van der Waals surface area (Å²) in [6.45, 7) is 4.79. The number of hydrogen-bond acceptors (Lipinski definition) is 4. The molecule has 0 spiro atoms. The Bertz CT molecular complexity index is 742. The second-order valence-corrected chi connectivity index (χ2v) is 5.80. The smallest absolute Gasteiger partial charge is 0.267 e. The highest BCUT2D eigenvalue weighted by atomic mass is 16.6. The lowest BCUT2D eigenvalue weighted by Crippen LogP contribution is -2.44. The van der Waals surface area contributed by atoms with Gasteiger partial charge in [-0.1, -0.05) is 36.9 Å². The van der Waals surface area contributed by atoms with E-state index in [1.165, 1.54) is 0 Å². The molecule has 0 aliphatic carbocycles. The molecular weight excluding hydrogens is 318 g/mol. The van der Waals surface area contributed by atoms with Crippen molar-refractivity contribution in [2.45, 2.75) is 12.6 Å². The largest absolute Gasteiger partial charge is 0.490 e. The summed E-state index contributed by atoms with van der Waals surface area (Å²) >= 11 is 0. The molecule has 0 fully saturated rings. The number of carbonyl (C=O) groups is 1. The van der Waals surface area contributed by atoms with Gasteiger partial charge in [-0.25, -0.2) is 0 Å². The van der Waals surface area contributed by atoms with Gasteiger partial charge in [0, 0.05) is 13.6 Å². The Kier molecular flexibility index (Phi) is 5.23. The van der Waals surface area contributed by atoms with Crippen LogP contribution in [0.4, 0.5) is 0 Å². The van der Waals surface area contributed by atoms with E-state index in [-0.39, 0.29) is 12.5 Å². The van der Waals surface area contributed by atoms with Crippen molar-refractivity contribution in [1.82, 2.24) is 4.90 Å². The fourth-order valence-corrected chi connectivity index (χ4v) is 2.59. The van der Waals surface area contributed by atoms with E-state index in [0.29, 0.717) is 24.7 Å². The second kappa shape index (κ2) is 7.75. The maximum Gasteiger partial charge on any atom is 0.267 e. The lowest BCUT2D eigenvalue weighted by Gasteiger charge is -2.28. The molecule has 0 radical (unpaired) electrons. The highest BCUT2D eigenvalue weighted by molar-refractivity contribution is 5.81. The first-order chi connectivity index (χ1) is 12.2. The van der Waals surface area contributed by atoms with E-state index in [9.17, 15) is 4.79 Å². The molecule has 130 valence electrons. The van der Waals surface area contributed by atoms with Gasteiger partial charge < -0.3 is 19.1 Å². The van der Waals surface area contributed by atoms with Gasteiger partial charge in [0.05, 0.1) is 0 Å². The number of para-hydroxylation sites is 2. The Balaban J connectivity index is 1.58. The number of amides is 1. The van der Waals surface area contributed by atoms with Crippen LogP contribution in [0.2, 0.25) is 0 Å². The molecule has 0 saturated carbocycles. The quantitative estimate of drug-likeness (QED) is 0.759. The van der Waals surface area contributed by atoms with E-state index in [1.54, 1.807) is 24.1 Å². The summed E-state index contributed by atoms with van der Waals surface area (Å²) in [4.78, 5) is 14.2. The maximum absolute atomic E-state index is 12.6. The van der Waals surface area contributed by atoms with Gasteiger partial charge in [0.25, 0.3) is 5.91 Å². The fourth-order valence-electron chi connectivity index (χ4n) is 2.59. The summed E-state index contributed by atoms with van der Waals surface area (Å²) in [7, 11) is 1.76. The third kappa shape index (κ3) is 4.12. The molecule has 0 saturated heterocycles. The van der Waals surface area contributed by atoms with Gasteiger partial charge in [-0.2, -0.15) is 0 Å². The van der Waals surface area contributed by atoms with Crippen LogP contribution in [0.15, 0.2) is 61.2 Å². The van der Waals surface area contributed by atoms with Crippen LogP contribution in [-0.4, -0.2) is 37.2 Å². The predicted molar refractivity (Wildman–Crippen MR) is 95.0 cm³/mol. The molecule has 2 aromatic rings. The monoisotopic (exact) mass is 339 g/mol. The Morgan fingerprint density at radius 2 is 1.96 bits per heavy atom. The van der Waals surface area contributed by atoms with E-state index >= 15 is 0 Å². The second-order valence-electron chi connectivity index (χ2n) is 5.80. The lowest BCUT2D eigenvalue weighted by atomic mass is 10.2. The zero-order valence-electron chi connectivity index (χ0n) is 14.2. The van der Waals surface area contributed by atoms with Crippen molar-refractivity contribution >= 4 is 5.91 Å². The van der Waals surface area contributed by atoms with E-state index < -0.39 is 6.10 Å². The minimum atomic E-state index is -0.630. The number of rotatable bonds is 6. The van der Waals surface area contributed by atoms with Crippen LogP contribution in [-0.2, 0) is 11.3 Å². The SMILES string of the molecule is C=CCOc1ccc(CN(C)C(=O)[C@H]2COc3ccccc3O2)cc1. The van der Waals surface area contributed by atoms with Gasteiger partial charge in [-0.3, -0.25) is 4.79 Å². The number of fused-ring (bicyclic) bond motifs is 1. The van der Waals surface area contributed by atoms with E-state index in [4.69, 9.17) is 14.2 Å². The number of nitrogens with zero attached hydrogens (tertiary/aromatic N) is 1.